The summed E-state index contributed by atoms with van der Waals surface area (Å²) in [4.78, 5) is 31.4. The standard InChI is InChI=1S/C23H30N4O3/c1-16-5-4-9-24-19(16)8-10-25-22(28)14-20-23(29)26-11-12-27(20)15-18-6-7-21(30-3)17(2)13-18/h4-7,9,13,20H,8,10-12,14-15H2,1-3H3,(H,25,28)(H,26,29). The first-order valence-electron chi connectivity index (χ1n) is 10.3. The quantitative estimate of drug-likeness (QED) is 0.693. The molecule has 1 aliphatic heterocycles. The number of amides is 2. The van der Waals surface area contributed by atoms with Crippen LogP contribution >= 0.6 is 0 Å². The number of aryl methyl sites for hydroxylation is 2. The molecule has 2 heterocycles. The molecule has 0 spiro atoms. The zero-order valence-corrected chi connectivity index (χ0v) is 17.9. The molecular formula is C23H30N4O3. The lowest BCUT2D eigenvalue weighted by Crippen LogP contribution is -2.56. The van der Waals surface area contributed by atoms with Crippen molar-refractivity contribution >= 4 is 11.8 Å². The number of carbonyl (C=O) groups excluding carboxylic acids is 2. The van der Waals surface area contributed by atoms with Crippen LogP contribution in [0.4, 0.5) is 0 Å². The third-order valence-electron chi connectivity index (χ3n) is 5.47. The zero-order valence-electron chi connectivity index (χ0n) is 17.9. The monoisotopic (exact) mass is 410 g/mol. The van der Waals surface area contributed by atoms with Crippen LogP contribution in [0.2, 0.25) is 0 Å². The number of rotatable bonds is 8. The first-order chi connectivity index (χ1) is 14.5. The number of nitrogens with one attached hydrogen (secondary N) is 2. The average molecular weight is 411 g/mol. The molecule has 7 nitrogen and oxygen atoms in total. The molecule has 0 saturated carbocycles. The molecule has 3 rings (SSSR count). The van der Waals surface area contributed by atoms with Gasteiger partial charge in [-0.3, -0.25) is 19.5 Å². The predicted molar refractivity (Wildman–Crippen MR) is 115 cm³/mol. The minimum atomic E-state index is -0.474. The van der Waals surface area contributed by atoms with Gasteiger partial charge in [0.1, 0.15) is 5.75 Å². The van der Waals surface area contributed by atoms with Crippen LogP contribution in [0, 0.1) is 13.8 Å². The molecule has 1 atom stereocenters. The summed E-state index contributed by atoms with van der Waals surface area (Å²) < 4.78 is 5.32. The largest absolute Gasteiger partial charge is 0.496 e. The summed E-state index contributed by atoms with van der Waals surface area (Å²) in [6.45, 7) is 6.42. The van der Waals surface area contributed by atoms with Crippen molar-refractivity contribution in [3.63, 3.8) is 0 Å². The highest BCUT2D eigenvalue weighted by Gasteiger charge is 2.31. The van der Waals surface area contributed by atoms with Gasteiger partial charge in [-0.05, 0) is 42.7 Å². The van der Waals surface area contributed by atoms with Crippen molar-refractivity contribution in [2.75, 3.05) is 26.7 Å². The molecule has 30 heavy (non-hydrogen) atoms. The third kappa shape index (κ3) is 5.57. The fourth-order valence-electron chi connectivity index (χ4n) is 3.79. The summed E-state index contributed by atoms with van der Waals surface area (Å²) in [7, 11) is 1.65. The molecule has 160 valence electrons. The van der Waals surface area contributed by atoms with Crippen LogP contribution in [-0.2, 0) is 22.6 Å². The molecule has 0 radical (unpaired) electrons. The Morgan fingerprint density at radius 1 is 1.30 bits per heavy atom. The number of methoxy groups -OCH3 is 1. The molecular weight excluding hydrogens is 380 g/mol. The molecule has 2 aromatic rings. The van der Waals surface area contributed by atoms with Gasteiger partial charge in [-0.2, -0.15) is 0 Å². The number of carbonyl (C=O) groups is 2. The molecule has 7 heteroatoms. The minimum absolute atomic E-state index is 0.0952. The Morgan fingerprint density at radius 2 is 2.13 bits per heavy atom. The highest BCUT2D eigenvalue weighted by Crippen LogP contribution is 2.21. The fraction of sp³-hybridized carbons (Fsp3) is 0.435. The van der Waals surface area contributed by atoms with Crippen molar-refractivity contribution < 1.29 is 14.3 Å². The maximum atomic E-state index is 12.5. The van der Waals surface area contributed by atoms with E-state index in [4.69, 9.17) is 4.74 Å². The van der Waals surface area contributed by atoms with Crippen LogP contribution in [0.5, 0.6) is 5.75 Å². The predicted octanol–water partition coefficient (Wildman–Crippen LogP) is 1.76. The second kappa shape index (κ2) is 10.2. The highest BCUT2D eigenvalue weighted by molar-refractivity contribution is 5.88. The topological polar surface area (TPSA) is 83.6 Å². The second-order valence-corrected chi connectivity index (χ2v) is 7.65. The SMILES string of the molecule is COc1ccc(CN2CCNC(=O)C2CC(=O)NCCc2ncccc2C)cc1C. The first-order valence-corrected chi connectivity index (χ1v) is 10.3. The number of pyridine rings is 1. The normalized spacial score (nSPS) is 16.8. The van der Waals surface area contributed by atoms with E-state index in [2.05, 4.69) is 26.6 Å². The Labute approximate surface area is 177 Å². The average Bonchev–Trinajstić information content (AvgIpc) is 2.72. The Bertz CT molecular complexity index is 900. The van der Waals surface area contributed by atoms with Gasteiger partial charge >= 0.3 is 0 Å². The van der Waals surface area contributed by atoms with E-state index in [-0.39, 0.29) is 18.2 Å². The van der Waals surface area contributed by atoms with Crippen molar-refractivity contribution in [1.82, 2.24) is 20.5 Å². The van der Waals surface area contributed by atoms with E-state index in [0.717, 1.165) is 28.1 Å². The summed E-state index contributed by atoms with van der Waals surface area (Å²) >= 11 is 0. The van der Waals surface area contributed by atoms with E-state index in [1.807, 2.05) is 38.1 Å². The molecule has 0 bridgehead atoms. The lowest BCUT2D eigenvalue weighted by atomic mass is 10.0. The Hall–Kier alpha value is -2.93. The molecule has 1 aromatic heterocycles. The first kappa shape index (κ1) is 21.8. The van der Waals surface area contributed by atoms with E-state index < -0.39 is 6.04 Å². The van der Waals surface area contributed by atoms with Gasteiger partial charge in [0.2, 0.25) is 11.8 Å². The lowest BCUT2D eigenvalue weighted by Gasteiger charge is -2.34. The van der Waals surface area contributed by atoms with Crippen LogP contribution in [0.3, 0.4) is 0 Å². The third-order valence-corrected chi connectivity index (χ3v) is 5.47. The minimum Gasteiger partial charge on any atom is -0.496 e. The molecule has 1 unspecified atom stereocenters. The molecule has 1 saturated heterocycles. The summed E-state index contributed by atoms with van der Waals surface area (Å²) in [5, 5.41) is 5.81. The number of ether oxygens (including phenoxy) is 1. The molecule has 1 aromatic carbocycles. The Morgan fingerprint density at radius 3 is 2.87 bits per heavy atom. The van der Waals surface area contributed by atoms with E-state index in [0.29, 0.717) is 32.6 Å². The van der Waals surface area contributed by atoms with Crippen molar-refractivity contribution in [3.05, 3.63) is 58.9 Å². The molecule has 2 N–H and O–H groups in total. The summed E-state index contributed by atoms with van der Waals surface area (Å²) in [5.41, 5.74) is 4.23. The highest BCUT2D eigenvalue weighted by atomic mass is 16.5. The number of benzene rings is 1. The van der Waals surface area contributed by atoms with Gasteiger partial charge in [0.25, 0.3) is 0 Å². The van der Waals surface area contributed by atoms with Crippen LogP contribution < -0.4 is 15.4 Å². The lowest BCUT2D eigenvalue weighted by molar-refractivity contribution is -0.134. The van der Waals surface area contributed by atoms with E-state index in [9.17, 15) is 9.59 Å². The molecule has 0 aliphatic carbocycles. The molecule has 1 fully saturated rings. The van der Waals surface area contributed by atoms with Gasteiger partial charge in [-0.1, -0.05) is 18.2 Å². The van der Waals surface area contributed by atoms with Gasteiger partial charge in [-0.15, -0.1) is 0 Å². The van der Waals surface area contributed by atoms with Crippen molar-refractivity contribution in [2.45, 2.75) is 39.3 Å². The number of nitrogens with zero attached hydrogens (tertiary/aromatic N) is 2. The van der Waals surface area contributed by atoms with Crippen molar-refractivity contribution in [2.24, 2.45) is 0 Å². The number of piperazine rings is 1. The van der Waals surface area contributed by atoms with E-state index >= 15 is 0 Å². The fourth-order valence-corrected chi connectivity index (χ4v) is 3.79. The zero-order chi connectivity index (χ0) is 21.5. The summed E-state index contributed by atoms with van der Waals surface area (Å²) in [5.74, 6) is 0.623. The van der Waals surface area contributed by atoms with Gasteiger partial charge < -0.3 is 15.4 Å². The van der Waals surface area contributed by atoms with E-state index in [1.54, 1.807) is 13.3 Å². The Balaban J connectivity index is 1.57. The van der Waals surface area contributed by atoms with Crippen LogP contribution in [0.1, 0.15) is 28.8 Å². The maximum absolute atomic E-state index is 12.5. The Kier molecular flexibility index (Phi) is 7.41. The van der Waals surface area contributed by atoms with Gasteiger partial charge in [0, 0.05) is 44.5 Å². The van der Waals surface area contributed by atoms with Crippen molar-refractivity contribution in [1.29, 1.82) is 0 Å². The maximum Gasteiger partial charge on any atom is 0.237 e. The summed E-state index contributed by atoms with van der Waals surface area (Å²) in [6.07, 6.45) is 2.57. The van der Waals surface area contributed by atoms with Gasteiger partial charge in [0.15, 0.2) is 0 Å². The number of hydrogen-bond donors (Lipinski definition) is 2. The molecule has 2 amide bonds. The van der Waals surface area contributed by atoms with Gasteiger partial charge in [0.05, 0.1) is 19.6 Å². The smallest absolute Gasteiger partial charge is 0.237 e. The van der Waals surface area contributed by atoms with E-state index in [1.165, 1.54) is 0 Å². The van der Waals surface area contributed by atoms with Crippen LogP contribution in [0.15, 0.2) is 36.5 Å². The second-order valence-electron chi connectivity index (χ2n) is 7.65. The van der Waals surface area contributed by atoms with Crippen LogP contribution in [0.25, 0.3) is 0 Å². The van der Waals surface area contributed by atoms with Crippen molar-refractivity contribution in [3.8, 4) is 5.75 Å². The molecule has 1 aliphatic rings. The number of hydrogen-bond acceptors (Lipinski definition) is 5. The number of aromatic nitrogens is 1. The van der Waals surface area contributed by atoms with Crippen LogP contribution in [-0.4, -0.2) is 54.5 Å². The van der Waals surface area contributed by atoms with Gasteiger partial charge in [-0.25, -0.2) is 0 Å². The summed E-state index contributed by atoms with van der Waals surface area (Å²) in [6, 6.07) is 9.45.